The number of hydrogen-bond acceptors (Lipinski definition) is 3. The van der Waals surface area contributed by atoms with Crippen molar-refractivity contribution in [2.75, 3.05) is 11.5 Å². The van der Waals surface area contributed by atoms with Gasteiger partial charge in [-0.05, 0) is 18.9 Å². The Kier molecular flexibility index (Phi) is 4.27. The summed E-state index contributed by atoms with van der Waals surface area (Å²) in [5.74, 6) is 2.28. The van der Waals surface area contributed by atoms with Crippen LogP contribution in [0.4, 0.5) is 0 Å². The summed E-state index contributed by atoms with van der Waals surface area (Å²) >= 11 is 1.97. The molecule has 1 aliphatic heterocycles. The molecule has 3 atom stereocenters. The first kappa shape index (κ1) is 12.0. The molecule has 2 nitrogen and oxygen atoms in total. The third-order valence-electron chi connectivity index (χ3n) is 2.90. The Balaban J connectivity index is 1.89. The maximum Gasteiger partial charge on any atom is 0.0805 e. The molecular formula is C13H19NOS. The molecule has 1 aliphatic rings. The summed E-state index contributed by atoms with van der Waals surface area (Å²) in [5.41, 5.74) is 1.02. The van der Waals surface area contributed by atoms with E-state index in [4.69, 9.17) is 0 Å². The topological polar surface area (TPSA) is 32.3 Å². The van der Waals surface area contributed by atoms with Crippen molar-refractivity contribution in [3.05, 3.63) is 35.9 Å². The number of aliphatic hydroxyl groups excluding tert-OH is 1. The van der Waals surface area contributed by atoms with Crippen LogP contribution >= 0.6 is 11.8 Å². The predicted molar refractivity (Wildman–Crippen MR) is 69.7 cm³/mol. The minimum atomic E-state index is -0.343. The van der Waals surface area contributed by atoms with Gasteiger partial charge in [-0.1, -0.05) is 30.3 Å². The van der Waals surface area contributed by atoms with Crippen LogP contribution in [0.25, 0.3) is 0 Å². The van der Waals surface area contributed by atoms with Gasteiger partial charge in [-0.15, -0.1) is 0 Å². The summed E-state index contributed by atoms with van der Waals surface area (Å²) in [5, 5.41) is 13.6. The van der Waals surface area contributed by atoms with Crippen molar-refractivity contribution in [2.24, 2.45) is 0 Å². The van der Waals surface area contributed by atoms with E-state index in [-0.39, 0.29) is 6.10 Å². The average molecular weight is 237 g/mol. The van der Waals surface area contributed by atoms with Crippen LogP contribution in [0.1, 0.15) is 25.0 Å². The molecule has 0 spiro atoms. The summed E-state index contributed by atoms with van der Waals surface area (Å²) in [6.07, 6.45) is 0.464. The highest BCUT2D eigenvalue weighted by atomic mass is 32.2. The molecule has 0 aliphatic carbocycles. The van der Waals surface area contributed by atoms with Gasteiger partial charge in [-0.25, -0.2) is 0 Å². The summed E-state index contributed by atoms with van der Waals surface area (Å²) in [4.78, 5) is 0. The number of benzene rings is 1. The second kappa shape index (κ2) is 5.71. The third kappa shape index (κ3) is 3.24. The van der Waals surface area contributed by atoms with Gasteiger partial charge in [0.05, 0.1) is 6.10 Å². The zero-order valence-electron chi connectivity index (χ0n) is 9.60. The zero-order valence-corrected chi connectivity index (χ0v) is 10.4. The summed E-state index contributed by atoms with van der Waals surface area (Å²) < 4.78 is 0. The molecule has 1 saturated heterocycles. The van der Waals surface area contributed by atoms with Gasteiger partial charge in [0.1, 0.15) is 0 Å². The Morgan fingerprint density at radius 2 is 2.12 bits per heavy atom. The van der Waals surface area contributed by atoms with Crippen molar-refractivity contribution in [3.63, 3.8) is 0 Å². The van der Waals surface area contributed by atoms with Gasteiger partial charge >= 0.3 is 0 Å². The molecule has 0 amide bonds. The maximum absolute atomic E-state index is 10.1. The molecule has 88 valence electrons. The van der Waals surface area contributed by atoms with Crippen LogP contribution in [0.15, 0.2) is 30.3 Å². The van der Waals surface area contributed by atoms with Crippen molar-refractivity contribution in [2.45, 2.75) is 31.5 Å². The SMILES string of the molecule is CC1CSCC(CC(O)c2ccccc2)N1. The minimum Gasteiger partial charge on any atom is -0.388 e. The van der Waals surface area contributed by atoms with Crippen molar-refractivity contribution in [1.29, 1.82) is 0 Å². The lowest BCUT2D eigenvalue weighted by atomic mass is 10.0. The van der Waals surface area contributed by atoms with E-state index in [0.717, 1.165) is 17.7 Å². The van der Waals surface area contributed by atoms with Crippen LogP contribution in [-0.2, 0) is 0 Å². The van der Waals surface area contributed by atoms with E-state index in [1.54, 1.807) is 0 Å². The maximum atomic E-state index is 10.1. The fraction of sp³-hybridized carbons (Fsp3) is 0.538. The van der Waals surface area contributed by atoms with E-state index in [2.05, 4.69) is 12.2 Å². The van der Waals surface area contributed by atoms with Crippen LogP contribution in [0.2, 0.25) is 0 Å². The van der Waals surface area contributed by atoms with Gasteiger partial charge in [-0.3, -0.25) is 0 Å². The monoisotopic (exact) mass is 237 g/mol. The lowest BCUT2D eigenvalue weighted by Crippen LogP contribution is -2.44. The van der Waals surface area contributed by atoms with Crippen molar-refractivity contribution in [1.82, 2.24) is 5.32 Å². The number of aliphatic hydroxyl groups is 1. The highest BCUT2D eigenvalue weighted by Crippen LogP contribution is 2.22. The summed E-state index contributed by atoms with van der Waals surface area (Å²) in [6.45, 7) is 2.20. The Morgan fingerprint density at radius 1 is 1.38 bits per heavy atom. The highest BCUT2D eigenvalue weighted by molar-refractivity contribution is 7.99. The molecule has 0 saturated carbocycles. The van der Waals surface area contributed by atoms with Gasteiger partial charge in [0.15, 0.2) is 0 Å². The lowest BCUT2D eigenvalue weighted by Gasteiger charge is -2.29. The van der Waals surface area contributed by atoms with Gasteiger partial charge < -0.3 is 10.4 Å². The second-order valence-corrected chi connectivity index (χ2v) is 5.54. The van der Waals surface area contributed by atoms with Crippen molar-refractivity contribution >= 4 is 11.8 Å². The van der Waals surface area contributed by atoms with Crippen molar-refractivity contribution in [3.8, 4) is 0 Å². The zero-order chi connectivity index (χ0) is 11.4. The highest BCUT2D eigenvalue weighted by Gasteiger charge is 2.21. The van der Waals surface area contributed by atoms with Gasteiger partial charge in [0.25, 0.3) is 0 Å². The predicted octanol–water partition coefficient (Wildman–Crippen LogP) is 2.20. The molecule has 2 rings (SSSR count). The summed E-state index contributed by atoms with van der Waals surface area (Å²) in [6, 6.07) is 10.9. The van der Waals surface area contributed by atoms with Crippen LogP contribution in [0.3, 0.4) is 0 Å². The molecule has 3 heteroatoms. The molecule has 16 heavy (non-hydrogen) atoms. The first-order chi connectivity index (χ1) is 7.75. The molecule has 3 unspecified atom stereocenters. The van der Waals surface area contributed by atoms with Gasteiger partial charge in [0.2, 0.25) is 0 Å². The molecule has 1 heterocycles. The standard InChI is InChI=1S/C13H19NOS/c1-10-8-16-9-12(14-10)7-13(15)11-5-3-2-4-6-11/h2-6,10,12-15H,7-9H2,1H3. The van der Waals surface area contributed by atoms with E-state index in [1.807, 2.05) is 42.1 Å². The Bertz CT molecular complexity index is 317. The van der Waals surface area contributed by atoms with Crippen LogP contribution in [0, 0.1) is 0 Å². The largest absolute Gasteiger partial charge is 0.388 e. The van der Waals surface area contributed by atoms with E-state index in [9.17, 15) is 5.11 Å². The fourth-order valence-electron chi connectivity index (χ4n) is 2.10. The van der Waals surface area contributed by atoms with E-state index < -0.39 is 0 Å². The molecular weight excluding hydrogens is 218 g/mol. The molecule has 1 aromatic carbocycles. The van der Waals surface area contributed by atoms with Crippen molar-refractivity contribution < 1.29 is 5.11 Å². The fourth-order valence-corrected chi connectivity index (χ4v) is 3.21. The number of rotatable bonds is 3. The molecule has 0 aromatic heterocycles. The number of hydrogen-bond donors (Lipinski definition) is 2. The van der Waals surface area contributed by atoms with Crippen LogP contribution < -0.4 is 5.32 Å². The molecule has 1 fully saturated rings. The number of thioether (sulfide) groups is 1. The first-order valence-corrected chi connectivity index (χ1v) is 6.98. The quantitative estimate of drug-likeness (QED) is 0.845. The first-order valence-electron chi connectivity index (χ1n) is 5.82. The molecule has 1 aromatic rings. The van der Waals surface area contributed by atoms with E-state index in [1.165, 1.54) is 5.75 Å². The average Bonchev–Trinajstić information content (AvgIpc) is 2.30. The lowest BCUT2D eigenvalue weighted by molar-refractivity contribution is 0.152. The van der Waals surface area contributed by atoms with Gasteiger partial charge in [-0.2, -0.15) is 11.8 Å². The molecule has 0 radical (unpaired) electrons. The molecule has 2 N–H and O–H groups in total. The smallest absolute Gasteiger partial charge is 0.0805 e. The minimum absolute atomic E-state index is 0.343. The second-order valence-electron chi connectivity index (χ2n) is 4.46. The third-order valence-corrected chi connectivity index (χ3v) is 4.27. The van der Waals surface area contributed by atoms with E-state index >= 15 is 0 Å². The van der Waals surface area contributed by atoms with Gasteiger partial charge in [0, 0.05) is 23.6 Å². The normalized spacial score (nSPS) is 27.6. The Morgan fingerprint density at radius 3 is 2.81 bits per heavy atom. The summed E-state index contributed by atoms with van der Waals surface area (Å²) in [7, 11) is 0. The van der Waals surface area contributed by atoms with E-state index in [0.29, 0.717) is 12.1 Å². The Labute approximate surface area is 101 Å². The number of nitrogens with one attached hydrogen (secondary N) is 1. The van der Waals surface area contributed by atoms with Crippen LogP contribution in [-0.4, -0.2) is 28.7 Å². The molecule has 0 bridgehead atoms. The van der Waals surface area contributed by atoms with Crippen LogP contribution in [0.5, 0.6) is 0 Å². The Hall–Kier alpha value is -0.510.